The van der Waals surface area contributed by atoms with Gasteiger partial charge in [-0.15, -0.1) is 11.8 Å². The number of hydrogen-bond acceptors (Lipinski definition) is 4. The second kappa shape index (κ2) is 5.69. The standard InChI is InChI=1S/C11H16ClN3OS/c1-7-5-8(12)14-10(13-7)15-9(16)6-17-11(2,3)4/h5H,6H2,1-4H3,(H,13,14,15,16). The third kappa shape index (κ3) is 5.89. The summed E-state index contributed by atoms with van der Waals surface area (Å²) in [6.45, 7) is 7.98. The van der Waals surface area contributed by atoms with E-state index in [2.05, 4.69) is 36.1 Å². The number of amides is 1. The summed E-state index contributed by atoms with van der Waals surface area (Å²) in [4.78, 5) is 19.6. The fourth-order valence-corrected chi connectivity index (χ4v) is 1.90. The molecule has 0 aliphatic carbocycles. The lowest BCUT2D eigenvalue weighted by Crippen LogP contribution is -2.20. The minimum Gasteiger partial charge on any atom is -0.294 e. The predicted octanol–water partition coefficient (Wildman–Crippen LogP) is 2.91. The molecule has 1 aromatic heterocycles. The molecule has 4 nitrogen and oxygen atoms in total. The SMILES string of the molecule is Cc1cc(Cl)nc(NC(=O)CSC(C)(C)C)n1. The average Bonchev–Trinajstić information content (AvgIpc) is 2.11. The number of aromatic nitrogens is 2. The molecule has 1 rings (SSSR count). The Morgan fingerprint density at radius 3 is 2.65 bits per heavy atom. The van der Waals surface area contributed by atoms with Crippen molar-refractivity contribution in [1.29, 1.82) is 0 Å². The van der Waals surface area contributed by atoms with Crippen molar-refractivity contribution in [3.05, 3.63) is 16.9 Å². The Morgan fingerprint density at radius 2 is 2.12 bits per heavy atom. The van der Waals surface area contributed by atoms with Crippen molar-refractivity contribution in [2.24, 2.45) is 0 Å². The molecule has 1 amide bonds. The van der Waals surface area contributed by atoms with Crippen molar-refractivity contribution in [1.82, 2.24) is 9.97 Å². The van der Waals surface area contributed by atoms with Gasteiger partial charge in [0.15, 0.2) is 0 Å². The van der Waals surface area contributed by atoms with Gasteiger partial charge in [-0.05, 0) is 13.0 Å². The van der Waals surface area contributed by atoms with Gasteiger partial charge in [0.05, 0.1) is 5.75 Å². The van der Waals surface area contributed by atoms with E-state index in [1.165, 1.54) is 0 Å². The molecule has 0 fully saturated rings. The van der Waals surface area contributed by atoms with Crippen LogP contribution in [0.1, 0.15) is 26.5 Å². The second-order valence-corrected chi connectivity index (χ2v) is 6.79. The Kier molecular flexibility index (Phi) is 4.77. The number of nitrogens with one attached hydrogen (secondary N) is 1. The molecule has 0 saturated carbocycles. The van der Waals surface area contributed by atoms with Crippen molar-refractivity contribution in [2.45, 2.75) is 32.4 Å². The topological polar surface area (TPSA) is 54.9 Å². The molecular formula is C11H16ClN3OS. The van der Waals surface area contributed by atoms with E-state index in [0.29, 0.717) is 10.9 Å². The third-order valence-corrected chi connectivity index (χ3v) is 3.18. The maximum Gasteiger partial charge on any atom is 0.236 e. The minimum absolute atomic E-state index is 0.0580. The monoisotopic (exact) mass is 273 g/mol. The van der Waals surface area contributed by atoms with Gasteiger partial charge in [0.1, 0.15) is 5.15 Å². The van der Waals surface area contributed by atoms with Crippen molar-refractivity contribution >= 4 is 35.2 Å². The Hall–Kier alpha value is -0.810. The Bertz CT molecular complexity index is 397. The van der Waals surface area contributed by atoms with Crippen molar-refractivity contribution in [3.63, 3.8) is 0 Å². The number of halogens is 1. The van der Waals surface area contributed by atoms with Crippen LogP contribution in [0.2, 0.25) is 5.15 Å². The van der Waals surface area contributed by atoms with Crippen LogP contribution < -0.4 is 5.32 Å². The molecule has 1 aromatic rings. The molecule has 6 heteroatoms. The van der Waals surface area contributed by atoms with Crippen LogP contribution in [0.25, 0.3) is 0 Å². The highest BCUT2D eigenvalue weighted by Gasteiger charge is 2.14. The first-order chi connectivity index (χ1) is 7.76. The Labute approximate surface area is 111 Å². The predicted molar refractivity (Wildman–Crippen MR) is 72.6 cm³/mol. The third-order valence-electron chi connectivity index (χ3n) is 1.71. The molecule has 0 aliphatic heterocycles. The van der Waals surface area contributed by atoms with Crippen molar-refractivity contribution in [3.8, 4) is 0 Å². The van der Waals surface area contributed by atoms with E-state index in [4.69, 9.17) is 11.6 Å². The molecule has 0 aromatic carbocycles. The number of nitrogens with zero attached hydrogens (tertiary/aromatic N) is 2. The summed E-state index contributed by atoms with van der Waals surface area (Å²) in [6, 6.07) is 1.64. The van der Waals surface area contributed by atoms with Gasteiger partial charge in [-0.1, -0.05) is 32.4 Å². The fraction of sp³-hybridized carbons (Fsp3) is 0.545. The van der Waals surface area contributed by atoms with Crippen LogP contribution in [0.15, 0.2) is 6.07 Å². The van der Waals surface area contributed by atoms with E-state index in [1.54, 1.807) is 24.8 Å². The van der Waals surface area contributed by atoms with E-state index in [9.17, 15) is 4.79 Å². The highest BCUT2D eigenvalue weighted by molar-refractivity contribution is 8.01. The Balaban J connectivity index is 2.56. The molecule has 94 valence electrons. The number of carbonyl (C=O) groups excluding carboxylic acids is 1. The van der Waals surface area contributed by atoms with E-state index in [1.807, 2.05) is 0 Å². The normalized spacial score (nSPS) is 11.4. The average molecular weight is 274 g/mol. The quantitative estimate of drug-likeness (QED) is 0.861. The van der Waals surface area contributed by atoms with Gasteiger partial charge in [-0.25, -0.2) is 9.97 Å². The lowest BCUT2D eigenvalue weighted by molar-refractivity contribution is -0.113. The minimum atomic E-state index is -0.119. The van der Waals surface area contributed by atoms with Gasteiger partial charge < -0.3 is 0 Å². The first-order valence-corrected chi connectivity index (χ1v) is 6.57. The van der Waals surface area contributed by atoms with Gasteiger partial charge in [-0.3, -0.25) is 10.1 Å². The summed E-state index contributed by atoms with van der Waals surface area (Å²) < 4.78 is 0.0580. The molecule has 0 saturated heterocycles. The molecule has 0 spiro atoms. The fourth-order valence-electron chi connectivity index (χ4n) is 1.03. The molecule has 0 unspecified atom stereocenters. The van der Waals surface area contributed by atoms with Crippen LogP contribution in [0.4, 0.5) is 5.95 Å². The van der Waals surface area contributed by atoms with Crippen LogP contribution in [0, 0.1) is 6.92 Å². The molecule has 1 N–H and O–H groups in total. The number of hydrogen-bond donors (Lipinski definition) is 1. The molecule has 0 aliphatic rings. The van der Waals surface area contributed by atoms with Gasteiger partial charge in [0, 0.05) is 10.4 Å². The molecule has 0 bridgehead atoms. The number of carbonyl (C=O) groups is 1. The van der Waals surface area contributed by atoms with E-state index >= 15 is 0 Å². The Morgan fingerprint density at radius 1 is 1.47 bits per heavy atom. The van der Waals surface area contributed by atoms with Gasteiger partial charge in [0.25, 0.3) is 0 Å². The molecule has 17 heavy (non-hydrogen) atoms. The van der Waals surface area contributed by atoms with Crippen LogP contribution in [-0.4, -0.2) is 26.4 Å². The highest BCUT2D eigenvalue weighted by atomic mass is 35.5. The van der Waals surface area contributed by atoms with Crippen molar-refractivity contribution < 1.29 is 4.79 Å². The van der Waals surface area contributed by atoms with Crippen LogP contribution in [0.5, 0.6) is 0 Å². The zero-order chi connectivity index (χ0) is 13.1. The summed E-state index contributed by atoms with van der Waals surface area (Å²) >= 11 is 7.34. The van der Waals surface area contributed by atoms with E-state index in [0.717, 1.165) is 5.69 Å². The molecular weight excluding hydrogens is 258 g/mol. The van der Waals surface area contributed by atoms with Crippen LogP contribution in [0.3, 0.4) is 0 Å². The maximum absolute atomic E-state index is 11.6. The van der Waals surface area contributed by atoms with Crippen LogP contribution >= 0.6 is 23.4 Å². The first kappa shape index (κ1) is 14.3. The lowest BCUT2D eigenvalue weighted by Gasteiger charge is -2.16. The van der Waals surface area contributed by atoms with Crippen molar-refractivity contribution in [2.75, 3.05) is 11.1 Å². The molecule has 1 heterocycles. The van der Waals surface area contributed by atoms with Crippen LogP contribution in [-0.2, 0) is 4.79 Å². The second-order valence-electron chi connectivity index (χ2n) is 4.60. The zero-order valence-corrected chi connectivity index (χ0v) is 11.9. The summed E-state index contributed by atoms with van der Waals surface area (Å²) in [5.74, 6) is 0.513. The zero-order valence-electron chi connectivity index (χ0n) is 10.4. The number of rotatable bonds is 3. The molecule has 0 atom stereocenters. The molecule has 0 radical (unpaired) electrons. The smallest absolute Gasteiger partial charge is 0.236 e. The van der Waals surface area contributed by atoms with Gasteiger partial charge in [-0.2, -0.15) is 0 Å². The first-order valence-electron chi connectivity index (χ1n) is 5.21. The van der Waals surface area contributed by atoms with Gasteiger partial charge in [0.2, 0.25) is 11.9 Å². The summed E-state index contributed by atoms with van der Waals surface area (Å²) in [6.07, 6.45) is 0. The summed E-state index contributed by atoms with van der Waals surface area (Å²) in [5.41, 5.74) is 0.726. The summed E-state index contributed by atoms with van der Waals surface area (Å²) in [5, 5.41) is 2.96. The van der Waals surface area contributed by atoms with E-state index in [-0.39, 0.29) is 16.6 Å². The van der Waals surface area contributed by atoms with Gasteiger partial charge >= 0.3 is 0 Å². The summed E-state index contributed by atoms with van der Waals surface area (Å²) in [7, 11) is 0. The number of aryl methyl sites for hydroxylation is 1. The maximum atomic E-state index is 11.6. The number of thioether (sulfide) groups is 1. The largest absolute Gasteiger partial charge is 0.294 e. The van der Waals surface area contributed by atoms with E-state index < -0.39 is 0 Å². The lowest BCUT2D eigenvalue weighted by atomic mass is 10.3. The number of anilines is 1. The highest BCUT2D eigenvalue weighted by Crippen LogP contribution is 2.22.